The van der Waals surface area contributed by atoms with E-state index in [1.54, 1.807) is 0 Å². The molecule has 0 atom stereocenters. The molecule has 0 bridgehead atoms. The minimum atomic E-state index is 0.578. The van der Waals surface area contributed by atoms with E-state index >= 15 is 0 Å². The minimum Gasteiger partial charge on any atom is -0.340 e. The van der Waals surface area contributed by atoms with Crippen molar-refractivity contribution < 1.29 is 0 Å². The fraction of sp³-hybridized carbons (Fsp3) is 0.0909. The van der Waals surface area contributed by atoms with Gasteiger partial charge in [-0.25, -0.2) is 4.98 Å². The lowest BCUT2D eigenvalue weighted by Gasteiger charge is -2.13. The van der Waals surface area contributed by atoms with Crippen LogP contribution in [0.15, 0.2) is 72.8 Å². The van der Waals surface area contributed by atoms with Crippen LogP contribution in [0.25, 0.3) is 10.9 Å². The molecule has 26 heavy (non-hydrogen) atoms. The third-order valence-corrected chi connectivity index (χ3v) is 4.27. The lowest BCUT2D eigenvalue weighted by atomic mass is 10.1. The number of aryl methyl sites for hydroxylation is 2. The van der Waals surface area contributed by atoms with E-state index in [1.165, 1.54) is 11.1 Å². The Morgan fingerprint density at radius 3 is 2.31 bits per heavy atom. The number of aromatic nitrogens is 2. The number of nitrogens with zero attached hydrogens (tertiary/aromatic N) is 2. The van der Waals surface area contributed by atoms with Crippen molar-refractivity contribution in [3.05, 3.63) is 83.9 Å². The Morgan fingerprint density at radius 2 is 1.50 bits per heavy atom. The first kappa shape index (κ1) is 16.1. The van der Waals surface area contributed by atoms with Crippen LogP contribution in [0.5, 0.6) is 0 Å². The molecule has 128 valence electrons. The average molecular weight is 340 g/mol. The second-order valence-electron chi connectivity index (χ2n) is 6.35. The normalized spacial score (nSPS) is 10.7. The molecule has 0 aliphatic heterocycles. The molecule has 4 heteroatoms. The van der Waals surface area contributed by atoms with E-state index < -0.39 is 0 Å². The highest BCUT2D eigenvalue weighted by Gasteiger charge is 2.09. The molecule has 0 radical (unpaired) electrons. The Balaban J connectivity index is 1.76. The zero-order valence-electron chi connectivity index (χ0n) is 14.8. The number of hydrogen-bond acceptors (Lipinski definition) is 4. The molecule has 4 nitrogen and oxygen atoms in total. The molecule has 4 aromatic rings. The summed E-state index contributed by atoms with van der Waals surface area (Å²) in [4.78, 5) is 9.40. The van der Waals surface area contributed by atoms with Crippen LogP contribution in [0.3, 0.4) is 0 Å². The van der Waals surface area contributed by atoms with Crippen molar-refractivity contribution in [2.24, 2.45) is 0 Å². The van der Waals surface area contributed by atoms with Crippen molar-refractivity contribution in [1.82, 2.24) is 9.97 Å². The van der Waals surface area contributed by atoms with Crippen molar-refractivity contribution in [2.75, 3.05) is 10.6 Å². The lowest BCUT2D eigenvalue weighted by Crippen LogP contribution is -2.03. The number of fused-ring (bicyclic) bond motifs is 1. The molecule has 1 heterocycles. The first-order valence-electron chi connectivity index (χ1n) is 8.62. The van der Waals surface area contributed by atoms with Crippen molar-refractivity contribution in [2.45, 2.75) is 13.8 Å². The van der Waals surface area contributed by atoms with Gasteiger partial charge in [-0.1, -0.05) is 48.0 Å². The zero-order chi connectivity index (χ0) is 17.9. The molecular weight excluding hydrogens is 320 g/mol. The second kappa shape index (κ2) is 6.84. The predicted octanol–water partition coefficient (Wildman–Crippen LogP) is 5.73. The number of anilines is 4. The summed E-state index contributed by atoms with van der Waals surface area (Å²) in [5.74, 6) is 1.36. The number of rotatable bonds is 4. The van der Waals surface area contributed by atoms with Gasteiger partial charge in [0.05, 0.1) is 5.52 Å². The Hall–Kier alpha value is -3.40. The van der Waals surface area contributed by atoms with Crippen LogP contribution in [0.1, 0.15) is 11.1 Å². The molecule has 3 aromatic carbocycles. The molecule has 0 unspecified atom stereocenters. The van der Waals surface area contributed by atoms with Gasteiger partial charge in [0.1, 0.15) is 5.82 Å². The number of nitrogens with one attached hydrogen (secondary N) is 2. The molecule has 0 saturated carbocycles. The maximum Gasteiger partial charge on any atom is 0.229 e. The van der Waals surface area contributed by atoms with Crippen LogP contribution in [-0.4, -0.2) is 9.97 Å². The first-order valence-corrected chi connectivity index (χ1v) is 8.62. The Bertz CT molecular complexity index is 1060. The van der Waals surface area contributed by atoms with Crippen molar-refractivity contribution in [1.29, 1.82) is 0 Å². The maximum atomic E-state index is 4.72. The van der Waals surface area contributed by atoms with E-state index in [4.69, 9.17) is 4.98 Å². The fourth-order valence-corrected chi connectivity index (χ4v) is 2.96. The second-order valence-corrected chi connectivity index (χ2v) is 6.35. The van der Waals surface area contributed by atoms with Crippen LogP contribution in [-0.2, 0) is 0 Å². The van der Waals surface area contributed by atoms with Crippen LogP contribution in [0.4, 0.5) is 23.1 Å². The topological polar surface area (TPSA) is 49.8 Å². The van der Waals surface area contributed by atoms with E-state index in [1.807, 2.05) is 54.6 Å². The predicted molar refractivity (Wildman–Crippen MR) is 108 cm³/mol. The number of benzene rings is 3. The molecule has 0 aliphatic carbocycles. The molecule has 0 amide bonds. The van der Waals surface area contributed by atoms with E-state index in [9.17, 15) is 0 Å². The largest absolute Gasteiger partial charge is 0.340 e. The number of para-hydroxylation sites is 2. The van der Waals surface area contributed by atoms with Gasteiger partial charge in [0.15, 0.2) is 0 Å². The number of hydrogen-bond donors (Lipinski definition) is 2. The summed E-state index contributed by atoms with van der Waals surface area (Å²) in [5.41, 5.74) is 5.30. The first-order chi connectivity index (χ1) is 12.7. The SMILES string of the molecule is Cc1ccc(Nc2nc(Nc3ccccc3)c3ccccc3n2)c(C)c1. The quantitative estimate of drug-likeness (QED) is 0.498. The van der Waals surface area contributed by atoms with Crippen LogP contribution < -0.4 is 10.6 Å². The van der Waals surface area contributed by atoms with Crippen molar-refractivity contribution in [3.63, 3.8) is 0 Å². The zero-order valence-corrected chi connectivity index (χ0v) is 14.8. The lowest BCUT2D eigenvalue weighted by molar-refractivity contribution is 1.20. The Kier molecular flexibility index (Phi) is 4.23. The van der Waals surface area contributed by atoms with Crippen LogP contribution >= 0.6 is 0 Å². The van der Waals surface area contributed by atoms with Crippen LogP contribution in [0, 0.1) is 13.8 Å². The molecule has 1 aromatic heterocycles. The summed E-state index contributed by atoms with van der Waals surface area (Å²) in [7, 11) is 0. The van der Waals surface area contributed by atoms with Gasteiger partial charge in [-0.15, -0.1) is 0 Å². The molecule has 0 fully saturated rings. The highest BCUT2D eigenvalue weighted by Crippen LogP contribution is 2.27. The molecule has 4 rings (SSSR count). The van der Waals surface area contributed by atoms with Crippen molar-refractivity contribution in [3.8, 4) is 0 Å². The molecule has 0 saturated heterocycles. The van der Waals surface area contributed by atoms with Gasteiger partial charge in [0.2, 0.25) is 5.95 Å². The highest BCUT2D eigenvalue weighted by molar-refractivity contribution is 5.92. The third-order valence-electron chi connectivity index (χ3n) is 4.27. The van der Waals surface area contributed by atoms with Crippen LogP contribution in [0.2, 0.25) is 0 Å². The summed E-state index contributed by atoms with van der Waals surface area (Å²) in [6.07, 6.45) is 0. The molecule has 0 spiro atoms. The van der Waals surface area contributed by atoms with Gasteiger partial charge in [0, 0.05) is 16.8 Å². The van der Waals surface area contributed by atoms with Gasteiger partial charge in [-0.2, -0.15) is 4.98 Å². The Labute approximate surface area is 152 Å². The van der Waals surface area contributed by atoms with Gasteiger partial charge >= 0.3 is 0 Å². The van der Waals surface area contributed by atoms with Gasteiger partial charge < -0.3 is 10.6 Å². The van der Waals surface area contributed by atoms with Gasteiger partial charge in [0.25, 0.3) is 0 Å². The summed E-state index contributed by atoms with van der Waals surface area (Å²) >= 11 is 0. The van der Waals surface area contributed by atoms with E-state index in [-0.39, 0.29) is 0 Å². The third kappa shape index (κ3) is 3.35. The standard InChI is InChI=1S/C22H20N4/c1-15-12-13-19(16(2)14-15)24-22-25-20-11-7-6-10-18(20)21(26-22)23-17-8-4-3-5-9-17/h3-14H,1-2H3,(H2,23,24,25,26). The Morgan fingerprint density at radius 1 is 0.731 bits per heavy atom. The summed E-state index contributed by atoms with van der Waals surface area (Å²) in [6, 6.07) is 24.3. The fourth-order valence-electron chi connectivity index (χ4n) is 2.96. The van der Waals surface area contributed by atoms with E-state index in [0.717, 1.165) is 28.1 Å². The summed E-state index contributed by atoms with van der Waals surface area (Å²) in [6.45, 7) is 4.17. The maximum absolute atomic E-state index is 4.72. The highest BCUT2D eigenvalue weighted by atomic mass is 15.1. The summed E-state index contributed by atoms with van der Waals surface area (Å²) in [5, 5.41) is 7.75. The molecule has 0 aliphatic rings. The molecular formula is C22H20N4. The monoisotopic (exact) mass is 340 g/mol. The van der Waals surface area contributed by atoms with Crippen molar-refractivity contribution >= 4 is 34.0 Å². The summed E-state index contributed by atoms with van der Waals surface area (Å²) < 4.78 is 0. The van der Waals surface area contributed by atoms with E-state index in [2.05, 4.69) is 47.7 Å². The van der Waals surface area contributed by atoms with Gasteiger partial charge in [-0.3, -0.25) is 0 Å². The molecule has 2 N–H and O–H groups in total. The minimum absolute atomic E-state index is 0.578. The average Bonchev–Trinajstić information content (AvgIpc) is 2.65. The van der Waals surface area contributed by atoms with Gasteiger partial charge in [-0.05, 0) is 49.7 Å². The smallest absolute Gasteiger partial charge is 0.229 e. The van der Waals surface area contributed by atoms with E-state index in [0.29, 0.717) is 5.95 Å².